The summed E-state index contributed by atoms with van der Waals surface area (Å²) in [6.45, 7) is 8.28. The molecule has 0 aromatic heterocycles. The van der Waals surface area contributed by atoms with Gasteiger partial charge in [0.05, 0.1) is 4.90 Å². The van der Waals surface area contributed by atoms with Gasteiger partial charge in [0, 0.05) is 11.6 Å². The Labute approximate surface area is 145 Å². The van der Waals surface area contributed by atoms with E-state index in [2.05, 4.69) is 30.7 Å². The summed E-state index contributed by atoms with van der Waals surface area (Å²) in [6, 6.07) is 7.07. The molecular weight excluding hydrogens is 320 g/mol. The summed E-state index contributed by atoms with van der Waals surface area (Å²) in [5.41, 5.74) is 2.05. The predicted octanol–water partition coefficient (Wildman–Crippen LogP) is 4.07. The first kappa shape index (κ1) is 17.5. The maximum atomic E-state index is 12.5. The molecule has 0 aliphatic heterocycles. The Morgan fingerprint density at radius 2 is 1.79 bits per heavy atom. The van der Waals surface area contributed by atoms with E-state index < -0.39 is 10.0 Å². The summed E-state index contributed by atoms with van der Waals surface area (Å²) < 4.78 is 24.9. The van der Waals surface area contributed by atoms with Crippen molar-refractivity contribution in [1.82, 2.24) is 4.83 Å². The van der Waals surface area contributed by atoms with Crippen LogP contribution < -0.4 is 4.83 Å². The van der Waals surface area contributed by atoms with Gasteiger partial charge in [-0.25, -0.2) is 4.83 Å². The van der Waals surface area contributed by atoms with Crippen molar-refractivity contribution in [3.8, 4) is 0 Å². The van der Waals surface area contributed by atoms with Crippen LogP contribution in [0, 0.1) is 17.8 Å². The van der Waals surface area contributed by atoms with Crippen LogP contribution in [0.25, 0.3) is 0 Å². The van der Waals surface area contributed by atoms with Gasteiger partial charge in [0.1, 0.15) is 0 Å². The number of hydrazone groups is 1. The average Bonchev–Trinajstić information content (AvgIpc) is 3.15. The predicted molar refractivity (Wildman–Crippen MR) is 97.5 cm³/mol. The summed E-state index contributed by atoms with van der Waals surface area (Å²) in [7, 11) is -3.60. The highest BCUT2D eigenvalue weighted by Crippen LogP contribution is 2.48. The van der Waals surface area contributed by atoms with Crippen LogP contribution in [0.5, 0.6) is 0 Å². The van der Waals surface area contributed by atoms with Crippen LogP contribution >= 0.6 is 0 Å². The van der Waals surface area contributed by atoms with Crippen LogP contribution in [0.15, 0.2) is 34.3 Å². The monoisotopic (exact) mass is 348 g/mol. The molecule has 0 saturated heterocycles. The van der Waals surface area contributed by atoms with Crippen LogP contribution in [-0.2, 0) is 15.4 Å². The summed E-state index contributed by atoms with van der Waals surface area (Å²) in [6.07, 6.45) is 5.06. The maximum Gasteiger partial charge on any atom is 0.276 e. The molecule has 3 rings (SSSR count). The molecule has 24 heavy (non-hydrogen) atoms. The molecule has 3 atom stereocenters. The molecule has 0 radical (unpaired) electrons. The van der Waals surface area contributed by atoms with E-state index in [1.54, 1.807) is 12.1 Å². The zero-order valence-electron chi connectivity index (χ0n) is 15.0. The third-order valence-electron chi connectivity index (χ3n) is 5.65. The fourth-order valence-corrected chi connectivity index (χ4v) is 5.02. The summed E-state index contributed by atoms with van der Waals surface area (Å²) >= 11 is 0. The Morgan fingerprint density at radius 1 is 1.12 bits per heavy atom. The van der Waals surface area contributed by atoms with Crippen LogP contribution in [0.2, 0.25) is 0 Å². The van der Waals surface area contributed by atoms with E-state index in [4.69, 9.17) is 0 Å². The molecule has 1 aromatic carbocycles. The maximum absolute atomic E-state index is 12.5. The van der Waals surface area contributed by atoms with E-state index in [0.29, 0.717) is 11.8 Å². The van der Waals surface area contributed by atoms with E-state index in [9.17, 15) is 8.42 Å². The second-order valence-corrected chi connectivity index (χ2v) is 10.1. The first-order valence-corrected chi connectivity index (χ1v) is 10.3. The van der Waals surface area contributed by atoms with Gasteiger partial charge >= 0.3 is 0 Å². The zero-order chi connectivity index (χ0) is 17.5. The number of nitrogens with zero attached hydrogens (tertiary/aromatic N) is 1. The lowest BCUT2D eigenvalue weighted by Crippen LogP contribution is -2.25. The minimum atomic E-state index is -3.60. The Bertz CT molecular complexity index is 730. The second-order valence-electron chi connectivity index (χ2n) is 8.40. The lowest BCUT2D eigenvalue weighted by molar-refractivity contribution is 0.413. The van der Waals surface area contributed by atoms with Gasteiger partial charge in [-0.15, -0.1) is 0 Å². The molecular formula is C19H28N2O2S. The van der Waals surface area contributed by atoms with Crippen LogP contribution in [-0.4, -0.2) is 14.1 Å². The van der Waals surface area contributed by atoms with Gasteiger partial charge in [-0.1, -0.05) is 39.3 Å². The molecule has 0 amide bonds. The molecule has 5 heteroatoms. The first-order valence-electron chi connectivity index (χ1n) is 8.83. The van der Waals surface area contributed by atoms with Crippen molar-refractivity contribution in [2.24, 2.45) is 22.9 Å². The van der Waals surface area contributed by atoms with Gasteiger partial charge in [-0.2, -0.15) is 13.5 Å². The van der Waals surface area contributed by atoms with Gasteiger partial charge in [-0.05, 0) is 61.1 Å². The van der Waals surface area contributed by atoms with E-state index in [1.807, 2.05) is 19.1 Å². The number of fused-ring (bicyclic) bond motifs is 2. The number of hydrogen-bond donors (Lipinski definition) is 1. The summed E-state index contributed by atoms with van der Waals surface area (Å²) in [5, 5.41) is 4.22. The van der Waals surface area contributed by atoms with Crippen molar-refractivity contribution in [2.45, 2.75) is 63.7 Å². The van der Waals surface area contributed by atoms with Crippen LogP contribution in [0.3, 0.4) is 0 Å². The van der Waals surface area contributed by atoms with Gasteiger partial charge in [0.25, 0.3) is 10.0 Å². The van der Waals surface area contributed by atoms with Gasteiger partial charge in [0.2, 0.25) is 0 Å². The van der Waals surface area contributed by atoms with E-state index >= 15 is 0 Å². The molecule has 4 nitrogen and oxygen atoms in total. The molecule has 2 fully saturated rings. The molecule has 1 N–H and O–H groups in total. The molecule has 2 bridgehead atoms. The van der Waals surface area contributed by atoms with E-state index in [-0.39, 0.29) is 10.3 Å². The normalized spacial score (nSPS) is 27.5. The van der Waals surface area contributed by atoms with Crippen molar-refractivity contribution in [1.29, 1.82) is 0 Å². The minimum Gasteiger partial charge on any atom is -0.200 e. The standard InChI is InChI=1S/C19H28N2O2S/c1-13(18-12-14-5-6-15(18)11-14)20-21-24(22,23)17-9-7-16(8-10-17)19(2,3)4/h7-10,14-15,18,21H,5-6,11-12H2,1-4H3/b20-13-/t14-,15+,18-/m0/s1. The van der Waals surface area contributed by atoms with Crippen molar-refractivity contribution < 1.29 is 8.42 Å². The van der Waals surface area contributed by atoms with Gasteiger partial charge < -0.3 is 0 Å². The quantitative estimate of drug-likeness (QED) is 0.658. The number of sulfonamides is 1. The second kappa shape index (κ2) is 6.17. The molecule has 0 heterocycles. The third kappa shape index (κ3) is 3.51. The largest absolute Gasteiger partial charge is 0.276 e. The van der Waals surface area contributed by atoms with Gasteiger partial charge in [-0.3, -0.25) is 0 Å². The Hall–Kier alpha value is -1.36. The molecule has 2 aliphatic rings. The fraction of sp³-hybridized carbons (Fsp3) is 0.632. The number of rotatable bonds is 4. The molecule has 132 valence electrons. The lowest BCUT2D eigenvalue weighted by Gasteiger charge is -2.21. The van der Waals surface area contributed by atoms with Crippen LogP contribution in [0.4, 0.5) is 0 Å². The Morgan fingerprint density at radius 3 is 2.29 bits per heavy atom. The number of benzene rings is 1. The smallest absolute Gasteiger partial charge is 0.200 e. The molecule has 0 unspecified atom stereocenters. The highest BCUT2D eigenvalue weighted by Gasteiger charge is 2.40. The van der Waals surface area contributed by atoms with Crippen molar-refractivity contribution in [3.05, 3.63) is 29.8 Å². The number of hydrogen-bond acceptors (Lipinski definition) is 3. The van der Waals surface area contributed by atoms with E-state index in [1.165, 1.54) is 25.7 Å². The highest BCUT2D eigenvalue weighted by molar-refractivity contribution is 7.89. The topological polar surface area (TPSA) is 58.5 Å². The third-order valence-corrected chi connectivity index (χ3v) is 6.87. The molecule has 1 aromatic rings. The fourth-order valence-electron chi connectivity index (χ4n) is 4.16. The SMILES string of the molecule is C/C(=N/NS(=O)(=O)c1ccc(C(C)(C)C)cc1)[C@@H]1C[C@H]2CC[C@@H]1C2. The molecule has 2 saturated carbocycles. The molecule has 2 aliphatic carbocycles. The Balaban J connectivity index is 1.70. The molecule has 0 spiro atoms. The Kier molecular flexibility index (Phi) is 4.49. The summed E-state index contributed by atoms with van der Waals surface area (Å²) in [4.78, 5) is 2.69. The number of nitrogens with one attached hydrogen (secondary N) is 1. The van der Waals surface area contributed by atoms with Gasteiger partial charge in [0.15, 0.2) is 0 Å². The highest BCUT2D eigenvalue weighted by atomic mass is 32.2. The van der Waals surface area contributed by atoms with Crippen molar-refractivity contribution >= 4 is 15.7 Å². The summed E-state index contributed by atoms with van der Waals surface area (Å²) in [5.74, 6) is 1.98. The lowest BCUT2D eigenvalue weighted by atomic mass is 9.86. The van der Waals surface area contributed by atoms with E-state index in [0.717, 1.165) is 17.2 Å². The average molecular weight is 349 g/mol. The first-order chi connectivity index (χ1) is 11.2. The minimum absolute atomic E-state index is 0.00620. The van der Waals surface area contributed by atoms with Crippen LogP contribution in [0.1, 0.15) is 58.9 Å². The zero-order valence-corrected chi connectivity index (χ0v) is 15.9. The van der Waals surface area contributed by atoms with Crippen molar-refractivity contribution in [2.75, 3.05) is 0 Å². The van der Waals surface area contributed by atoms with Crippen molar-refractivity contribution in [3.63, 3.8) is 0 Å².